The Bertz CT molecular complexity index is 867. The molecule has 1 aromatic heterocycles. The standard InChI is InChI=1S/C19H20N2O2S/c1-12-18(24-14(3)21-12)11-20-19(22)13(2)23-17-10-6-8-15-7-4-5-9-16(15)17/h4-10,13H,11H2,1-3H3,(H,20,22). The molecule has 1 heterocycles. The number of hydrogen-bond donors (Lipinski definition) is 1. The monoisotopic (exact) mass is 340 g/mol. The number of benzene rings is 2. The molecule has 0 aliphatic rings. The molecule has 0 aliphatic carbocycles. The zero-order chi connectivity index (χ0) is 17.1. The van der Waals surface area contributed by atoms with Crippen molar-refractivity contribution in [3.63, 3.8) is 0 Å². The van der Waals surface area contributed by atoms with E-state index in [9.17, 15) is 4.79 Å². The molecule has 3 aromatic rings. The van der Waals surface area contributed by atoms with Gasteiger partial charge in [0, 0.05) is 10.3 Å². The molecular weight excluding hydrogens is 320 g/mol. The number of aryl methyl sites for hydroxylation is 2. The fourth-order valence-corrected chi connectivity index (χ4v) is 3.47. The lowest BCUT2D eigenvalue weighted by Crippen LogP contribution is -2.35. The fourth-order valence-electron chi connectivity index (χ4n) is 2.59. The largest absolute Gasteiger partial charge is 0.480 e. The molecule has 4 nitrogen and oxygen atoms in total. The zero-order valence-electron chi connectivity index (χ0n) is 14.0. The van der Waals surface area contributed by atoms with E-state index in [2.05, 4.69) is 10.3 Å². The molecule has 0 saturated carbocycles. The lowest BCUT2D eigenvalue weighted by molar-refractivity contribution is -0.127. The van der Waals surface area contributed by atoms with Crippen LogP contribution in [0.5, 0.6) is 5.75 Å². The van der Waals surface area contributed by atoms with Crippen LogP contribution in [0.15, 0.2) is 42.5 Å². The van der Waals surface area contributed by atoms with Crippen molar-refractivity contribution in [3.8, 4) is 5.75 Å². The second-order valence-corrected chi connectivity index (χ2v) is 6.98. The third kappa shape index (κ3) is 3.57. The van der Waals surface area contributed by atoms with Gasteiger partial charge in [-0.05, 0) is 32.2 Å². The summed E-state index contributed by atoms with van der Waals surface area (Å²) < 4.78 is 5.89. The molecule has 0 bridgehead atoms. The summed E-state index contributed by atoms with van der Waals surface area (Å²) in [6, 6.07) is 13.8. The summed E-state index contributed by atoms with van der Waals surface area (Å²) in [5, 5.41) is 6.04. The summed E-state index contributed by atoms with van der Waals surface area (Å²) in [5.41, 5.74) is 0.973. The number of aromatic nitrogens is 1. The first kappa shape index (κ1) is 16.5. The van der Waals surface area contributed by atoms with Gasteiger partial charge in [0.2, 0.25) is 0 Å². The average molecular weight is 340 g/mol. The number of nitrogens with one attached hydrogen (secondary N) is 1. The van der Waals surface area contributed by atoms with E-state index < -0.39 is 6.10 Å². The van der Waals surface area contributed by atoms with Gasteiger partial charge in [0.1, 0.15) is 5.75 Å². The Labute approximate surface area is 145 Å². The Morgan fingerprint density at radius 3 is 2.71 bits per heavy atom. The molecule has 0 fully saturated rings. The van der Waals surface area contributed by atoms with Crippen molar-refractivity contribution >= 4 is 28.0 Å². The highest BCUT2D eigenvalue weighted by atomic mass is 32.1. The first-order valence-corrected chi connectivity index (χ1v) is 8.71. The van der Waals surface area contributed by atoms with Gasteiger partial charge in [0.05, 0.1) is 17.2 Å². The number of rotatable bonds is 5. The Morgan fingerprint density at radius 2 is 1.96 bits per heavy atom. The van der Waals surface area contributed by atoms with E-state index in [4.69, 9.17) is 4.74 Å². The van der Waals surface area contributed by atoms with E-state index in [1.165, 1.54) is 0 Å². The van der Waals surface area contributed by atoms with Crippen molar-refractivity contribution < 1.29 is 9.53 Å². The summed E-state index contributed by atoms with van der Waals surface area (Å²) in [6.45, 7) is 6.18. The maximum Gasteiger partial charge on any atom is 0.261 e. The van der Waals surface area contributed by atoms with Gasteiger partial charge in [0.15, 0.2) is 6.10 Å². The second-order valence-electron chi connectivity index (χ2n) is 5.70. The molecule has 5 heteroatoms. The predicted molar refractivity (Wildman–Crippen MR) is 97.5 cm³/mol. The molecule has 1 amide bonds. The van der Waals surface area contributed by atoms with E-state index >= 15 is 0 Å². The maximum absolute atomic E-state index is 12.3. The van der Waals surface area contributed by atoms with Gasteiger partial charge in [0.25, 0.3) is 5.91 Å². The minimum absolute atomic E-state index is 0.131. The minimum Gasteiger partial charge on any atom is -0.480 e. The van der Waals surface area contributed by atoms with E-state index in [-0.39, 0.29) is 5.91 Å². The van der Waals surface area contributed by atoms with Crippen LogP contribution in [-0.2, 0) is 11.3 Å². The number of ether oxygens (including phenoxy) is 1. The van der Waals surface area contributed by atoms with Crippen LogP contribution in [0, 0.1) is 13.8 Å². The van der Waals surface area contributed by atoms with Gasteiger partial charge in [-0.1, -0.05) is 36.4 Å². The number of carbonyl (C=O) groups excluding carboxylic acids is 1. The first-order chi connectivity index (χ1) is 11.5. The minimum atomic E-state index is -0.565. The molecule has 3 rings (SSSR count). The van der Waals surface area contributed by atoms with Crippen LogP contribution < -0.4 is 10.1 Å². The SMILES string of the molecule is Cc1nc(C)c(CNC(=O)C(C)Oc2cccc3ccccc23)s1. The lowest BCUT2D eigenvalue weighted by Gasteiger charge is -2.16. The van der Waals surface area contributed by atoms with E-state index in [0.717, 1.165) is 32.1 Å². The summed E-state index contributed by atoms with van der Waals surface area (Å²) in [4.78, 5) is 17.8. The van der Waals surface area contributed by atoms with E-state index in [1.54, 1.807) is 18.3 Å². The molecule has 124 valence electrons. The number of fused-ring (bicyclic) bond motifs is 1. The van der Waals surface area contributed by atoms with Gasteiger partial charge in [-0.3, -0.25) is 4.79 Å². The summed E-state index contributed by atoms with van der Waals surface area (Å²) in [7, 11) is 0. The van der Waals surface area contributed by atoms with Crippen LogP contribution in [0.1, 0.15) is 22.5 Å². The number of hydrogen-bond acceptors (Lipinski definition) is 4. The second kappa shape index (κ2) is 7.01. The average Bonchev–Trinajstić information content (AvgIpc) is 2.90. The number of amides is 1. The Balaban J connectivity index is 1.66. The summed E-state index contributed by atoms with van der Waals surface area (Å²) in [6.07, 6.45) is -0.565. The van der Waals surface area contributed by atoms with Crippen LogP contribution in [0.4, 0.5) is 0 Å². The highest BCUT2D eigenvalue weighted by Crippen LogP contribution is 2.26. The molecule has 1 unspecified atom stereocenters. The van der Waals surface area contributed by atoms with E-state index in [1.807, 2.05) is 56.3 Å². The fraction of sp³-hybridized carbons (Fsp3) is 0.263. The van der Waals surface area contributed by atoms with Gasteiger partial charge >= 0.3 is 0 Å². The third-order valence-electron chi connectivity index (χ3n) is 3.85. The van der Waals surface area contributed by atoms with Gasteiger partial charge in [-0.15, -0.1) is 11.3 Å². The summed E-state index contributed by atoms with van der Waals surface area (Å²) in [5.74, 6) is 0.592. The van der Waals surface area contributed by atoms with Crippen LogP contribution in [0.2, 0.25) is 0 Å². The molecule has 0 saturated heterocycles. The zero-order valence-corrected chi connectivity index (χ0v) is 14.8. The molecule has 24 heavy (non-hydrogen) atoms. The van der Waals surface area contributed by atoms with Crippen molar-refractivity contribution in [2.45, 2.75) is 33.4 Å². The van der Waals surface area contributed by atoms with Gasteiger partial charge in [-0.2, -0.15) is 0 Å². The maximum atomic E-state index is 12.3. The van der Waals surface area contributed by atoms with Crippen molar-refractivity contribution in [2.75, 3.05) is 0 Å². The Kier molecular flexibility index (Phi) is 4.81. The van der Waals surface area contributed by atoms with Crippen molar-refractivity contribution in [1.82, 2.24) is 10.3 Å². The van der Waals surface area contributed by atoms with Crippen LogP contribution in [0.3, 0.4) is 0 Å². The van der Waals surface area contributed by atoms with Crippen molar-refractivity contribution in [1.29, 1.82) is 0 Å². The van der Waals surface area contributed by atoms with Crippen molar-refractivity contribution in [3.05, 3.63) is 58.0 Å². The quantitative estimate of drug-likeness (QED) is 0.764. The topological polar surface area (TPSA) is 51.2 Å². The number of carbonyl (C=O) groups is 1. The third-order valence-corrected chi connectivity index (χ3v) is 4.92. The lowest BCUT2D eigenvalue weighted by atomic mass is 10.1. The summed E-state index contributed by atoms with van der Waals surface area (Å²) >= 11 is 1.61. The van der Waals surface area contributed by atoms with Gasteiger partial charge in [-0.25, -0.2) is 4.98 Å². The van der Waals surface area contributed by atoms with Crippen LogP contribution in [0.25, 0.3) is 10.8 Å². The predicted octanol–water partition coefficient (Wildman–Crippen LogP) is 4.00. The van der Waals surface area contributed by atoms with E-state index in [0.29, 0.717) is 6.54 Å². The molecule has 0 aliphatic heterocycles. The molecule has 1 N–H and O–H groups in total. The van der Waals surface area contributed by atoms with Crippen molar-refractivity contribution in [2.24, 2.45) is 0 Å². The van der Waals surface area contributed by atoms with Gasteiger partial charge < -0.3 is 10.1 Å². The Hall–Kier alpha value is -2.40. The van der Waals surface area contributed by atoms with Crippen LogP contribution in [-0.4, -0.2) is 17.0 Å². The highest BCUT2D eigenvalue weighted by molar-refractivity contribution is 7.11. The molecule has 0 radical (unpaired) electrons. The smallest absolute Gasteiger partial charge is 0.261 e. The molecule has 1 atom stereocenters. The molecule has 0 spiro atoms. The van der Waals surface area contributed by atoms with Crippen LogP contribution >= 0.6 is 11.3 Å². The highest BCUT2D eigenvalue weighted by Gasteiger charge is 2.16. The normalized spacial score (nSPS) is 12.1. The molecular formula is C19H20N2O2S. The Morgan fingerprint density at radius 1 is 1.21 bits per heavy atom. The first-order valence-electron chi connectivity index (χ1n) is 7.89. The molecule has 2 aromatic carbocycles. The number of thiazole rings is 1. The number of nitrogens with zero attached hydrogens (tertiary/aromatic N) is 1.